The van der Waals surface area contributed by atoms with Crippen LogP contribution < -0.4 is 15.5 Å². The molecule has 2 N–H and O–H groups in total. The average molecular weight is 380 g/mol. The number of nitro benzene ring substituents is 1. The van der Waals surface area contributed by atoms with Gasteiger partial charge >= 0.3 is 6.03 Å². The van der Waals surface area contributed by atoms with Crippen LogP contribution in [0.3, 0.4) is 0 Å². The van der Waals surface area contributed by atoms with Crippen molar-refractivity contribution in [1.29, 1.82) is 0 Å². The normalized spacial score (nSPS) is 10.6. The maximum atomic E-state index is 11.8. The van der Waals surface area contributed by atoms with Crippen LogP contribution in [0.15, 0.2) is 70.2 Å². The maximum absolute atomic E-state index is 11.8. The number of carbonyl (C=O) groups is 1. The molecule has 9 nitrogen and oxygen atoms in total. The SMILES string of the molecule is COc1ccc([N+](=O)[O-])cc1-c1ccc(/C=N\NC(=O)Nc2ccccc2)o1. The van der Waals surface area contributed by atoms with Gasteiger partial charge < -0.3 is 14.5 Å². The summed E-state index contributed by atoms with van der Waals surface area (Å²) < 4.78 is 10.9. The predicted molar refractivity (Wildman–Crippen MR) is 104 cm³/mol. The van der Waals surface area contributed by atoms with E-state index in [0.29, 0.717) is 28.5 Å². The van der Waals surface area contributed by atoms with Crippen molar-refractivity contribution in [3.8, 4) is 17.1 Å². The lowest BCUT2D eigenvalue weighted by atomic mass is 10.1. The minimum Gasteiger partial charge on any atom is -0.496 e. The van der Waals surface area contributed by atoms with E-state index in [4.69, 9.17) is 9.15 Å². The molecule has 0 saturated carbocycles. The number of hydrazone groups is 1. The number of rotatable bonds is 6. The molecule has 28 heavy (non-hydrogen) atoms. The maximum Gasteiger partial charge on any atom is 0.339 e. The van der Waals surface area contributed by atoms with Crippen molar-refractivity contribution >= 4 is 23.6 Å². The van der Waals surface area contributed by atoms with Crippen LogP contribution in [-0.2, 0) is 0 Å². The molecule has 9 heteroatoms. The molecule has 2 aromatic carbocycles. The topological polar surface area (TPSA) is 119 Å². The largest absolute Gasteiger partial charge is 0.496 e. The van der Waals surface area contributed by atoms with Gasteiger partial charge in [-0.3, -0.25) is 10.1 Å². The van der Waals surface area contributed by atoms with E-state index in [-0.39, 0.29) is 5.69 Å². The molecule has 1 heterocycles. The smallest absolute Gasteiger partial charge is 0.339 e. The van der Waals surface area contributed by atoms with E-state index in [1.54, 1.807) is 36.4 Å². The molecule has 0 radical (unpaired) electrons. The number of anilines is 1. The number of nitrogens with zero attached hydrogens (tertiary/aromatic N) is 2. The summed E-state index contributed by atoms with van der Waals surface area (Å²) in [5.41, 5.74) is 3.31. The molecule has 3 aromatic rings. The third-order valence-electron chi connectivity index (χ3n) is 3.68. The van der Waals surface area contributed by atoms with Gasteiger partial charge in [0.15, 0.2) is 0 Å². The zero-order valence-electron chi connectivity index (χ0n) is 14.8. The number of hydrogen-bond donors (Lipinski definition) is 2. The van der Waals surface area contributed by atoms with E-state index in [1.165, 1.54) is 31.5 Å². The predicted octanol–water partition coefficient (Wildman–Crippen LogP) is 4.02. The number of methoxy groups -OCH3 is 1. The Labute approximate surface area is 159 Å². The fourth-order valence-corrected chi connectivity index (χ4v) is 2.40. The van der Waals surface area contributed by atoms with E-state index in [1.807, 2.05) is 6.07 Å². The number of carbonyl (C=O) groups excluding carboxylic acids is 1. The molecule has 0 aliphatic heterocycles. The van der Waals surface area contributed by atoms with Crippen molar-refractivity contribution in [1.82, 2.24) is 5.43 Å². The molecular weight excluding hydrogens is 364 g/mol. The highest BCUT2D eigenvalue weighted by atomic mass is 16.6. The molecule has 0 aliphatic rings. The Balaban J connectivity index is 1.69. The van der Waals surface area contributed by atoms with Gasteiger partial charge in [0.25, 0.3) is 5.69 Å². The van der Waals surface area contributed by atoms with Crippen molar-refractivity contribution in [2.45, 2.75) is 0 Å². The molecule has 0 fully saturated rings. The third kappa shape index (κ3) is 4.52. The number of urea groups is 1. The van der Waals surface area contributed by atoms with Gasteiger partial charge in [0.2, 0.25) is 0 Å². The van der Waals surface area contributed by atoms with Crippen molar-refractivity contribution in [3.05, 3.63) is 76.5 Å². The molecule has 0 atom stereocenters. The van der Waals surface area contributed by atoms with E-state index in [0.717, 1.165) is 0 Å². The summed E-state index contributed by atoms with van der Waals surface area (Å²) in [5.74, 6) is 1.16. The van der Waals surface area contributed by atoms with Gasteiger partial charge in [-0.1, -0.05) is 18.2 Å². The summed E-state index contributed by atoms with van der Waals surface area (Å²) in [4.78, 5) is 22.3. The zero-order valence-corrected chi connectivity index (χ0v) is 14.8. The number of benzene rings is 2. The van der Waals surface area contributed by atoms with Crippen molar-refractivity contribution < 1.29 is 18.9 Å². The second kappa shape index (κ2) is 8.49. The van der Waals surface area contributed by atoms with E-state index >= 15 is 0 Å². The lowest BCUT2D eigenvalue weighted by molar-refractivity contribution is -0.384. The summed E-state index contributed by atoms with van der Waals surface area (Å²) in [7, 11) is 1.46. The first kappa shape index (κ1) is 18.6. The summed E-state index contributed by atoms with van der Waals surface area (Å²) in [5, 5.41) is 17.4. The third-order valence-corrected chi connectivity index (χ3v) is 3.68. The van der Waals surface area contributed by atoms with Crippen LogP contribution in [0.25, 0.3) is 11.3 Å². The molecule has 0 saturated heterocycles. The molecule has 3 rings (SSSR count). The number of nitro groups is 1. The Morgan fingerprint density at radius 3 is 2.68 bits per heavy atom. The molecule has 2 amide bonds. The van der Waals surface area contributed by atoms with Crippen LogP contribution in [-0.4, -0.2) is 24.3 Å². The Morgan fingerprint density at radius 1 is 1.18 bits per heavy atom. The number of amides is 2. The van der Waals surface area contributed by atoms with Crippen LogP contribution in [0.2, 0.25) is 0 Å². The minimum atomic E-state index is -0.505. The summed E-state index contributed by atoms with van der Waals surface area (Å²) in [6, 6.07) is 15.9. The first-order valence-electron chi connectivity index (χ1n) is 8.14. The minimum absolute atomic E-state index is 0.0818. The standard InChI is InChI=1S/C19H16N4O5/c1-27-17-9-7-14(23(25)26)11-16(17)18-10-8-15(28-18)12-20-22-19(24)21-13-5-3-2-4-6-13/h2-12H,1H3,(H2,21,22,24)/b20-12-. The number of para-hydroxylation sites is 1. The molecule has 142 valence electrons. The van der Waals surface area contributed by atoms with Gasteiger partial charge in [-0.2, -0.15) is 5.10 Å². The summed E-state index contributed by atoms with van der Waals surface area (Å²) in [6.07, 6.45) is 1.32. The lowest BCUT2D eigenvalue weighted by Crippen LogP contribution is -2.24. The van der Waals surface area contributed by atoms with Gasteiger partial charge in [-0.05, 0) is 30.3 Å². The van der Waals surface area contributed by atoms with Crippen LogP contribution in [0.1, 0.15) is 5.76 Å². The molecule has 0 bridgehead atoms. The van der Waals surface area contributed by atoms with Gasteiger partial charge in [0.05, 0.1) is 23.8 Å². The molecule has 0 unspecified atom stereocenters. The second-order valence-corrected chi connectivity index (χ2v) is 5.53. The Kier molecular flexibility index (Phi) is 5.66. The van der Waals surface area contributed by atoms with Gasteiger partial charge in [0.1, 0.15) is 17.3 Å². The number of nitrogens with one attached hydrogen (secondary N) is 2. The first-order chi connectivity index (χ1) is 13.6. The lowest BCUT2D eigenvalue weighted by Gasteiger charge is -2.05. The molecule has 0 aliphatic carbocycles. The first-order valence-corrected chi connectivity index (χ1v) is 8.14. The van der Waals surface area contributed by atoms with E-state index < -0.39 is 11.0 Å². The van der Waals surface area contributed by atoms with Crippen LogP contribution >= 0.6 is 0 Å². The van der Waals surface area contributed by atoms with Crippen LogP contribution in [0.4, 0.5) is 16.2 Å². The quantitative estimate of drug-likeness (QED) is 0.380. The molecule has 0 spiro atoms. The Morgan fingerprint density at radius 2 is 1.96 bits per heavy atom. The Hall–Kier alpha value is -4.14. The number of furan rings is 1. The molecular formula is C19H16N4O5. The van der Waals surface area contributed by atoms with Gasteiger partial charge in [0, 0.05) is 17.8 Å². The van der Waals surface area contributed by atoms with Crippen molar-refractivity contribution in [3.63, 3.8) is 0 Å². The van der Waals surface area contributed by atoms with Crippen molar-refractivity contribution in [2.75, 3.05) is 12.4 Å². The Bertz CT molecular complexity index is 1010. The summed E-state index contributed by atoms with van der Waals surface area (Å²) >= 11 is 0. The number of hydrogen-bond acceptors (Lipinski definition) is 6. The number of non-ortho nitro benzene ring substituents is 1. The fraction of sp³-hybridized carbons (Fsp3) is 0.0526. The van der Waals surface area contributed by atoms with Gasteiger partial charge in [-0.15, -0.1) is 0 Å². The van der Waals surface area contributed by atoms with Gasteiger partial charge in [-0.25, -0.2) is 10.2 Å². The highest BCUT2D eigenvalue weighted by molar-refractivity contribution is 5.90. The van der Waals surface area contributed by atoms with Crippen molar-refractivity contribution in [2.24, 2.45) is 5.10 Å². The highest BCUT2D eigenvalue weighted by Crippen LogP contribution is 2.34. The van der Waals surface area contributed by atoms with Crippen LogP contribution in [0, 0.1) is 10.1 Å². The summed E-state index contributed by atoms with van der Waals surface area (Å²) in [6.45, 7) is 0. The van der Waals surface area contributed by atoms with Crippen LogP contribution in [0.5, 0.6) is 5.75 Å². The fourth-order valence-electron chi connectivity index (χ4n) is 2.40. The molecule has 1 aromatic heterocycles. The highest BCUT2D eigenvalue weighted by Gasteiger charge is 2.15. The second-order valence-electron chi connectivity index (χ2n) is 5.53. The monoisotopic (exact) mass is 380 g/mol. The average Bonchev–Trinajstić information content (AvgIpc) is 3.17. The van der Waals surface area contributed by atoms with E-state index in [9.17, 15) is 14.9 Å². The van der Waals surface area contributed by atoms with E-state index in [2.05, 4.69) is 15.8 Å². The zero-order chi connectivity index (χ0) is 19.9. The number of ether oxygens (including phenoxy) is 1.